The highest BCUT2D eigenvalue weighted by molar-refractivity contribution is 5.91. The number of rotatable bonds is 24. The van der Waals surface area contributed by atoms with Crippen LogP contribution in [-0.4, -0.2) is 122 Å². The van der Waals surface area contributed by atoms with Gasteiger partial charge < -0.3 is 62.1 Å². The van der Waals surface area contributed by atoms with Crippen molar-refractivity contribution in [3.63, 3.8) is 0 Å². The molecule has 3 heterocycles. The summed E-state index contributed by atoms with van der Waals surface area (Å²) in [5.74, 6) is -2.40. The second kappa shape index (κ2) is 29.9. The van der Waals surface area contributed by atoms with E-state index in [4.69, 9.17) is 52.1 Å². The highest BCUT2D eigenvalue weighted by atomic mass is 16.8. The first-order valence-corrected chi connectivity index (χ1v) is 28.2. The Labute approximate surface area is 487 Å². The summed E-state index contributed by atoms with van der Waals surface area (Å²) in [6.07, 6.45) is -13.8. The zero-order valence-corrected chi connectivity index (χ0v) is 46.1. The molecule has 0 saturated carbocycles. The third-order valence-corrected chi connectivity index (χ3v) is 14.4. The van der Waals surface area contributed by atoms with Gasteiger partial charge in [-0.3, -0.25) is 0 Å². The van der Waals surface area contributed by atoms with Crippen LogP contribution in [0.15, 0.2) is 212 Å². The third kappa shape index (κ3) is 16.0. The SMILES string of the molecule is O=C(O[C@@H]1[C@@H](OC(=O)c2ccccc2)[C@H](OCCCCCN(Cc2ccccc2)C(=O)OCc2ccccc2)O[C@H](COCc2ccccc2)[C@H]1O[C@@H]1O[C@@H]2COC(c3ccccc3)O[C@H]2[C@H](O)[C@H]1OC(=O)c1ccccc1)c1ccccc1. The maximum atomic E-state index is 14.5. The van der Waals surface area contributed by atoms with Gasteiger partial charge in [-0.05, 0) is 72.4 Å². The van der Waals surface area contributed by atoms with Crippen LogP contribution < -0.4 is 0 Å². The first-order chi connectivity index (χ1) is 41.2. The lowest BCUT2D eigenvalue weighted by atomic mass is 9.95. The second-order valence-electron chi connectivity index (χ2n) is 20.4. The van der Waals surface area contributed by atoms with Crippen LogP contribution in [0.1, 0.15) is 78.9 Å². The van der Waals surface area contributed by atoms with Crippen LogP contribution >= 0.6 is 0 Å². The highest BCUT2D eigenvalue weighted by Crippen LogP contribution is 2.39. The molecule has 10 rings (SSSR count). The lowest BCUT2D eigenvalue weighted by Crippen LogP contribution is -2.67. The predicted molar refractivity (Wildman–Crippen MR) is 305 cm³/mol. The van der Waals surface area contributed by atoms with E-state index in [1.165, 1.54) is 0 Å². The van der Waals surface area contributed by atoms with Crippen molar-refractivity contribution in [3.05, 3.63) is 251 Å². The third-order valence-electron chi connectivity index (χ3n) is 14.4. The van der Waals surface area contributed by atoms with Crippen LogP contribution in [0.2, 0.25) is 0 Å². The number of fused-ring (bicyclic) bond motifs is 1. The maximum Gasteiger partial charge on any atom is 0.410 e. The normalized spacial score (nSPS) is 23.7. The van der Waals surface area contributed by atoms with E-state index >= 15 is 0 Å². The Hall–Kier alpha value is -8.10. The second-order valence-corrected chi connectivity index (χ2v) is 20.4. The maximum absolute atomic E-state index is 14.5. The van der Waals surface area contributed by atoms with E-state index in [-0.39, 0.29) is 49.7 Å². The lowest BCUT2D eigenvalue weighted by molar-refractivity contribution is -0.384. The van der Waals surface area contributed by atoms with Crippen molar-refractivity contribution < 1.29 is 76.4 Å². The molecule has 0 aromatic heterocycles. The molecule has 7 aromatic carbocycles. The molecule has 0 spiro atoms. The van der Waals surface area contributed by atoms with Gasteiger partial charge in [0, 0.05) is 25.3 Å². The molecule has 3 saturated heterocycles. The van der Waals surface area contributed by atoms with Gasteiger partial charge in [0.05, 0.1) is 36.5 Å². The molecule has 1 N–H and O–H groups in total. The molecule has 1 unspecified atom stereocenters. The van der Waals surface area contributed by atoms with E-state index in [1.807, 2.05) is 121 Å². The number of aliphatic hydroxyl groups is 1. The predicted octanol–water partition coefficient (Wildman–Crippen LogP) is 10.2. The standard InChI is InChI=1S/C67H67NO16/c69-55-56-54(45-76-64(83-56)52-37-21-7-22-38-52)79-66(58(55)80-61(70)49-31-15-4-16-32-49)84-57-53(44-74-42-47-27-11-2-12-28-47)78-65(60(82-63(72)51-35-19-6-20-36-51)59(57)81-62(71)50-33-17-5-18-34-50)75-40-24-8-23-39-68(41-46-25-9-1-10-26-46)67(73)77-43-48-29-13-3-14-30-48/h1-7,9-22,25-38,53-60,64-66,69H,8,23-24,39-45H2/t53-,54-,55+,56-,57-,58-,59+,60-,64?,65-,66+/m1/s1. The summed E-state index contributed by atoms with van der Waals surface area (Å²) in [6.45, 7) is 0.744. The van der Waals surface area contributed by atoms with Crippen LogP contribution in [0.4, 0.5) is 4.79 Å². The van der Waals surface area contributed by atoms with Crippen LogP contribution in [0, 0.1) is 0 Å². The molecule has 84 heavy (non-hydrogen) atoms. The summed E-state index contributed by atoms with van der Waals surface area (Å²) in [5, 5.41) is 12.4. The minimum atomic E-state index is -1.63. The van der Waals surface area contributed by atoms with Gasteiger partial charge in [0.1, 0.15) is 37.1 Å². The van der Waals surface area contributed by atoms with Gasteiger partial charge in [-0.1, -0.05) is 176 Å². The summed E-state index contributed by atoms with van der Waals surface area (Å²) in [4.78, 5) is 58.2. The van der Waals surface area contributed by atoms with Crippen molar-refractivity contribution >= 4 is 24.0 Å². The fourth-order valence-electron chi connectivity index (χ4n) is 10.1. The summed E-state index contributed by atoms with van der Waals surface area (Å²) >= 11 is 0. The number of unbranched alkanes of at least 4 members (excludes halogenated alkanes) is 2. The largest absolute Gasteiger partial charge is 0.452 e. The van der Waals surface area contributed by atoms with E-state index in [9.17, 15) is 24.3 Å². The Balaban J connectivity index is 0.944. The molecule has 3 aliphatic heterocycles. The molecule has 17 heteroatoms. The lowest BCUT2D eigenvalue weighted by Gasteiger charge is -2.50. The molecule has 0 bridgehead atoms. The zero-order chi connectivity index (χ0) is 57.9. The first kappa shape index (κ1) is 59.1. The highest BCUT2D eigenvalue weighted by Gasteiger charge is 2.57. The molecule has 3 fully saturated rings. The molecular formula is C67H67NO16. The average Bonchev–Trinajstić information content (AvgIpc) is 1.66. The minimum Gasteiger partial charge on any atom is -0.452 e. The van der Waals surface area contributed by atoms with Crippen LogP contribution in [0.3, 0.4) is 0 Å². The number of ether oxygens (including phenoxy) is 11. The Morgan fingerprint density at radius 2 is 1.00 bits per heavy atom. The van der Waals surface area contributed by atoms with Gasteiger partial charge in [-0.2, -0.15) is 0 Å². The molecule has 436 valence electrons. The number of hydrogen-bond acceptors (Lipinski definition) is 16. The molecule has 0 aliphatic carbocycles. The molecule has 0 radical (unpaired) electrons. The van der Waals surface area contributed by atoms with Gasteiger partial charge >= 0.3 is 24.0 Å². The number of benzene rings is 7. The first-order valence-electron chi connectivity index (χ1n) is 28.2. The summed E-state index contributed by atoms with van der Waals surface area (Å²) in [7, 11) is 0. The van der Waals surface area contributed by atoms with E-state index < -0.39 is 91.7 Å². The molecule has 1 amide bonds. The molecule has 7 aromatic rings. The molecule has 11 atom stereocenters. The topological polar surface area (TPSA) is 193 Å². The number of amides is 1. The number of nitrogens with zero attached hydrogens (tertiary/aromatic N) is 1. The Morgan fingerprint density at radius 1 is 0.500 bits per heavy atom. The van der Waals surface area contributed by atoms with E-state index in [0.29, 0.717) is 37.9 Å². The average molecular weight is 1140 g/mol. The van der Waals surface area contributed by atoms with Gasteiger partial charge in [0.25, 0.3) is 0 Å². The number of aliphatic hydroxyl groups excluding tert-OH is 1. The number of esters is 3. The van der Waals surface area contributed by atoms with Crippen molar-refractivity contribution in [3.8, 4) is 0 Å². The van der Waals surface area contributed by atoms with Crippen molar-refractivity contribution in [2.24, 2.45) is 0 Å². The van der Waals surface area contributed by atoms with Crippen molar-refractivity contribution in [2.75, 3.05) is 26.4 Å². The fourth-order valence-corrected chi connectivity index (χ4v) is 10.1. The zero-order valence-electron chi connectivity index (χ0n) is 46.1. The van der Waals surface area contributed by atoms with Crippen LogP contribution in [0.25, 0.3) is 0 Å². The molecule has 3 aliphatic rings. The van der Waals surface area contributed by atoms with Gasteiger partial charge in [0.15, 0.2) is 37.2 Å². The van der Waals surface area contributed by atoms with Crippen molar-refractivity contribution in [2.45, 2.75) is 107 Å². The minimum absolute atomic E-state index is 0.0617. The Bertz CT molecular complexity index is 3130. The van der Waals surface area contributed by atoms with Crippen LogP contribution in [0.5, 0.6) is 0 Å². The smallest absolute Gasteiger partial charge is 0.410 e. The van der Waals surface area contributed by atoms with Crippen molar-refractivity contribution in [1.82, 2.24) is 4.90 Å². The summed E-state index contributed by atoms with van der Waals surface area (Å²) in [5.41, 5.74) is 3.88. The van der Waals surface area contributed by atoms with Crippen molar-refractivity contribution in [1.29, 1.82) is 0 Å². The molecule has 17 nitrogen and oxygen atoms in total. The summed E-state index contributed by atoms with van der Waals surface area (Å²) in [6, 6.07) is 62.6. The number of carbonyl (C=O) groups is 4. The fraction of sp³-hybridized carbons (Fsp3) is 0.313. The van der Waals surface area contributed by atoms with Gasteiger partial charge in [-0.15, -0.1) is 0 Å². The number of carbonyl (C=O) groups excluding carboxylic acids is 4. The Kier molecular flexibility index (Phi) is 21.1. The monoisotopic (exact) mass is 1140 g/mol. The van der Waals surface area contributed by atoms with Gasteiger partial charge in [0.2, 0.25) is 0 Å². The molecular weight excluding hydrogens is 1070 g/mol. The van der Waals surface area contributed by atoms with E-state index in [2.05, 4.69) is 0 Å². The van der Waals surface area contributed by atoms with E-state index in [1.54, 1.807) is 95.9 Å². The Morgan fingerprint density at radius 3 is 1.57 bits per heavy atom. The van der Waals surface area contributed by atoms with Gasteiger partial charge in [-0.25, -0.2) is 19.2 Å². The van der Waals surface area contributed by atoms with E-state index in [0.717, 1.165) is 16.7 Å². The quantitative estimate of drug-likeness (QED) is 0.0341. The number of hydrogen-bond donors (Lipinski definition) is 1. The van der Waals surface area contributed by atoms with Crippen LogP contribution in [-0.2, 0) is 71.9 Å². The summed E-state index contributed by atoms with van der Waals surface area (Å²) < 4.78 is 70.8.